The molecule has 0 unspecified atom stereocenters. The predicted octanol–water partition coefficient (Wildman–Crippen LogP) is 2.71. The van der Waals surface area contributed by atoms with Gasteiger partial charge in [0.25, 0.3) is 0 Å². The molecule has 116 valence electrons. The van der Waals surface area contributed by atoms with Gasteiger partial charge in [-0.1, -0.05) is 20.8 Å². The van der Waals surface area contributed by atoms with Crippen LogP contribution in [-0.4, -0.2) is 41.6 Å². The summed E-state index contributed by atoms with van der Waals surface area (Å²) in [5.74, 6) is -0.166. The lowest BCUT2D eigenvalue weighted by Crippen LogP contribution is -2.46. The van der Waals surface area contributed by atoms with Gasteiger partial charge in [-0.25, -0.2) is 4.79 Å². The second-order valence-electron chi connectivity index (χ2n) is 6.86. The quantitative estimate of drug-likeness (QED) is 0.834. The van der Waals surface area contributed by atoms with Crippen molar-refractivity contribution in [2.45, 2.75) is 58.9 Å². The monoisotopic (exact) mass is 284 g/mol. The Labute approximate surface area is 121 Å². The van der Waals surface area contributed by atoms with E-state index in [-0.39, 0.29) is 25.0 Å². The molecule has 0 aliphatic heterocycles. The van der Waals surface area contributed by atoms with Gasteiger partial charge in [0.05, 0.1) is 6.42 Å². The van der Waals surface area contributed by atoms with E-state index < -0.39 is 5.97 Å². The second kappa shape index (κ2) is 6.95. The highest BCUT2D eigenvalue weighted by Gasteiger charge is 2.32. The molecule has 0 spiro atoms. The molecule has 1 aliphatic carbocycles. The first kappa shape index (κ1) is 16.8. The van der Waals surface area contributed by atoms with E-state index in [9.17, 15) is 9.59 Å². The van der Waals surface area contributed by atoms with Crippen LogP contribution >= 0.6 is 0 Å². The lowest BCUT2D eigenvalue weighted by molar-refractivity contribution is -0.136. The summed E-state index contributed by atoms with van der Waals surface area (Å²) in [5, 5.41) is 11.2. The standard InChI is InChI=1S/C15H28N2O3/c1-15(2,3)11-5-7-12(8-6-11)17(4)14(20)16-10-9-13(18)19/h11-12H,5-10H2,1-4H3,(H,16,20)(H,18,19). The molecule has 0 radical (unpaired) electrons. The molecule has 0 aromatic rings. The van der Waals surface area contributed by atoms with Gasteiger partial charge >= 0.3 is 12.0 Å². The first-order chi connectivity index (χ1) is 9.21. The van der Waals surface area contributed by atoms with Crippen molar-refractivity contribution in [3.8, 4) is 0 Å². The third kappa shape index (κ3) is 5.02. The van der Waals surface area contributed by atoms with E-state index in [1.807, 2.05) is 0 Å². The smallest absolute Gasteiger partial charge is 0.317 e. The molecule has 2 amide bonds. The van der Waals surface area contributed by atoms with Crippen LogP contribution in [0, 0.1) is 11.3 Å². The Balaban J connectivity index is 2.36. The maximum absolute atomic E-state index is 11.9. The first-order valence-electron chi connectivity index (χ1n) is 7.44. The average molecular weight is 284 g/mol. The molecule has 5 heteroatoms. The topological polar surface area (TPSA) is 69.6 Å². The number of carboxylic acids is 1. The van der Waals surface area contributed by atoms with Crippen LogP contribution in [0.1, 0.15) is 52.9 Å². The Morgan fingerprint density at radius 3 is 2.20 bits per heavy atom. The molecule has 1 rings (SSSR count). The van der Waals surface area contributed by atoms with Crippen molar-refractivity contribution in [1.29, 1.82) is 0 Å². The molecule has 0 heterocycles. The third-order valence-corrected chi connectivity index (χ3v) is 4.40. The number of carboxylic acid groups (broad SMARTS) is 1. The summed E-state index contributed by atoms with van der Waals surface area (Å²) < 4.78 is 0. The van der Waals surface area contributed by atoms with Crippen LogP contribution in [0.3, 0.4) is 0 Å². The molecule has 0 saturated heterocycles. The minimum absolute atomic E-state index is 0.0314. The molecule has 5 nitrogen and oxygen atoms in total. The van der Waals surface area contributed by atoms with Crippen LogP contribution < -0.4 is 5.32 Å². The van der Waals surface area contributed by atoms with E-state index >= 15 is 0 Å². The molecular weight excluding hydrogens is 256 g/mol. The van der Waals surface area contributed by atoms with Crippen molar-refractivity contribution in [3.05, 3.63) is 0 Å². The van der Waals surface area contributed by atoms with Gasteiger partial charge in [-0.15, -0.1) is 0 Å². The van der Waals surface area contributed by atoms with Gasteiger partial charge in [-0.2, -0.15) is 0 Å². The molecule has 2 N–H and O–H groups in total. The fourth-order valence-electron chi connectivity index (χ4n) is 2.90. The summed E-state index contributed by atoms with van der Waals surface area (Å²) in [4.78, 5) is 24.1. The van der Waals surface area contributed by atoms with Gasteiger partial charge in [-0.3, -0.25) is 4.79 Å². The normalized spacial score (nSPS) is 23.2. The maximum atomic E-state index is 11.9. The number of rotatable bonds is 4. The fourth-order valence-corrected chi connectivity index (χ4v) is 2.90. The summed E-state index contributed by atoms with van der Waals surface area (Å²) in [7, 11) is 1.80. The number of aliphatic carboxylic acids is 1. The van der Waals surface area contributed by atoms with Crippen LogP contribution in [0.5, 0.6) is 0 Å². The van der Waals surface area contributed by atoms with Gasteiger partial charge in [0.1, 0.15) is 0 Å². The summed E-state index contributed by atoms with van der Waals surface area (Å²) in [6.07, 6.45) is 4.34. The van der Waals surface area contributed by atoms with Crippen molar-refractivity contribution in [2.75, 3.05) is 13.6 Å². The number of nitrogens with zero attached hydrogens (tertiary/aromatic N) is 1. The molecule has 0 bridgehead atoms. The van der Waals surface area contributed by atoms with Crippen molar-refractivity contribution >= 4 is 12.0 Å². The molecular formula is C15H28N2O3. The van der Waals surface area contributed by atoms with E-state index in [0.29, 0.717) is 5.41 Å². The number of amides is 2. The minimum atomic E-state index is -0.890. The highest BCUT2D eigenvalue weighted by atomic mass is 16.4. The number of urea groups is 1. The molecule has 0 atom stereocenters. The summed E-state index contributed by atoms with van der Waals surface area (Å²) in [6.45, 7) is 7.02. The van der Waals surface area contributed by atoms with Crippen LogP contribution in [0.4, 0.5) is 4.79 Å². The number of hydrogen-bond acceptors (Lipinski definition) is 2. The van der Waals surface area contributed by atoms with Gasteiger partial charge in [-0.05, 0) is 37.0 Å². The zero-order valence-electron chi connectivity index (χ0n) is 13.1. The van der Waals surface area contributed by atoms with Gasteiger partial charge < -0.3 is 15.3 Å². The van der Waals surface area contributed by atoms with Crippen LogP contribution in [0.15, 0.2) is 0 Å². The zero-order valence-corrected chi connectivity index (χ0v) is 13.1. The Morgan fingerprint density at radius 2 is 1.75 bits per heavy atom. The van der Waals surface area contributed by atoms with Gasteiger partial charge in [0, 0.05) is 19.6 Å². The SMILES string of the molecule is CN(C(=O)NCCC(=O)O)C1CCC(C(C)(C)C)CC1. The van der Waals surface area contributed by atoms with Crippen molar-refractivity contribution < 1.29 is 14.7 Å². The average Bonchev–Trinajstić information content (AvgIpc) is 2.36. The summed E-state index contributed by atoms with van der Waals surface area (Å²) in [6, 6.07) is 0.115. The molecule has 1 saturated carbocycles. The summed E-state index contributed by atoms with van der Waals surface area (Å²) >= 11 is 0. The van der Waals surface area contributed by atoms with Crippen molar-refractivity contribution in [3.63, 3.8) is 0 Å². The van der Waals surface area contributed by atoms with E-state index in [1.165, 1.54) is 0 Å². The van der Waals surface area contributed by atoms with Gasteiger partial charge in [0.15, 0.2) is 0 Å². The highest BCUT2D eigenvalue weighted by Crippen LogP contribution is 2.38. The van der Waals surface area contributed by atoms with Crippen molar-refractivity contribution in [2.24, 2.45) is 11.3 Å². The molecule has 1 fully saturated rings. The largest absolute Gasteiger partial charge is 0.481 e. The van der Waals surface area contributed by atoms with Crippen LogP contribution in [-0.2, 0) is 4.79 Å². The van der Waals surface area contributed by atoms with Crippen LogP contribution in [0.25, 0.3) is 0 Å². The Kier molecular flexibility index (Phi) is 5.84. The molecule has 0 aromatic heterocycles. The van der Waals surface area contributed by atoms with E-state index in [2.05, 4.69) is 26.1 Å². The predicted molar refractivity (Wildman–Crippen MR) is 78.6 cm³/mol. The molecule has 1 aliphatic rings. The molecule has 20 heavy (non-hydrogen) atoms. The van der Waals surface area contributed by atoms with Crippen LogP contribution in [0.2, 0.25) is 0 Å². The fraction of sp³-hybridized carbons (Fsp3) is 0.867. The Morgan fingerprint density at radius 1 is 1.20 bits per heavy atom. The zero-order chi connectivity index (χ0) is 15.3. The van der Waals surface area contributed by atoms with E-state index in [4.69, 9.17) is 5.11 Å². The minimum Gasteiger partial charge on any atom is -0.481 e. The highest BCUT2D eigenvalue weighted by molar-refractivity contribution is 5.75. The number of carbonyl (C=O) groups is 2. The second-order valence-corrected chi connectivity index (χ2v) is 6.86. The Hall–Kier alpha value is -1.26. The lowest BCUT2D eigenvalue weighted by Gasteiger charge is -2.39. The van der Waals surface area contributed by atoms with E-state index in [0.717, 1.165) is 31.6 Å². The lowest BCUT2D eigenvalue weighted by atomic mass is 9.71. The number of nitrogens with one attached hydrogen (secondary N) is 1. The van der Waals surface area contributed by atoms with E-state index in [1.54, 1.807) is 11.9 Å². The maximum Gasteiger partial charge on any atom is 0.317 e. The van der Waals surface area contributed by atoms with Crippen molar-refractivity contribution in [1.82, 2.24) is 10.2 Å². The third-order valence-electron chi connectivity index (χ3n) is 4.40. The van der Waals surface area contributed by atoms with Gasteiger partial charge in [0.2, 0.25) is 0 Å². The molecule has 0 aromatic carbocycles. The summed E-state index contributed by atoms with van der Waals surface area (Å²) in [5.41, 5.74) is 0.341. The first-order valence-corrected chi connectivity index (χ1v) is 7.44. The number of hydrogen-bond donors (Lipinski definition) is 2. The Bertz CT molecular complexity index is 342. The number of carbonyl (C=O) groups excluding carboxylic acids is 1.